The third-order valence-electron chi connectivity index (χ3n) is 3.19. The summed E-state index contributed by atoms with van der Waals surface area (Å²) in [6.07, 6.45) is 4.29. The van der Waals surface area contributed by atoms with Gasteiger partial charge in [0.15, 0.2) is 0 Å². The van der Waals surface area contributed by atoms with Crippen molar-refractivity contribution in [2.45, 2.75) is 32.0 Å². The lowest BCUT2D eigenvalue weighted by atomic mass is 10.2. The van der Waals surface area contributed by atoms with Crippen LogP contribution >= 0.6 is 15.9 Å². The second kappa shape index (κ2) is 5.80. The number of para-hydroxylation sites is 1. The van der Waals surface area contributed by atoms with Crippen molar-refractivity contribution in [3.63, 3.8) is 0 Å². The van der Waals surface area contributed by atoms with Gasteiger partial charge < -0.3 is 14.5 Å². The normalized spacial score (nSPS) is 14.6. The van der Waals surface area contributed by atoms with Crippen LogP contribution in [0.25, 0.3) is 0 Å². The molecule has 1 heterocycles. The Morgan fingerprint density at radius 2 is 2.11 bits per heavy atom. The maximum Gasteiger partial charge on any atom is 0.133 e. The molecule has 0 amide bonds. The molecule has 1 aromatic carbocycles. The van der Waals surface area contributed by atoms with Gasteiger partial charge in [0.25, 0.3) is 0 Å². The number of halogens is 1. The summed E-state index contributed by atoms with van der Waals surface area (Å²) in [5.41, 5.74) is 1.10. The van der Waals surface area contributed by atoms with Gasteiger partial charge in [0.2, 0.25) is 0 Å². The molecule has 1 saturated carbocycles. The van der Waals surface area contributed by atoms with E-state index in [9.17, 15) is 0 Å². The zero-order valence-electron chi connectivity index (χ0n) is 10.6. The highest BCUT2D eigenvalue weighted by Crippen LogP contribution is 2.25. The van der Waals surface area contributed by atoms with E-state index >= 15 is 0 Å². The highest BCUT2D eigenvalue weighted by atomic mass is 79.9. The van der Waals surface area contributed by atoms with Crippen LogP contribution in [0.15, 0.2) is 45.5 Å². The summed E-state index contributed by atoms with van der Waals surface area (Å²) in [6.45, 7) is 1.31. The smallest absolute Gasteiger partial charge is 0.133 e. The summed E-state index contributed by atoms with van der Waals surface area (Å²) in [5, 5.41) is 3.45. The third kappa shape index (κ3) is 3.39. The zero-order chi connectivity index (χ0) is 13.1. The Bertz CT molecular complexity index is 549. The minimum atomic E-state index is 0.529. The van der Waals surface area contributed by atoms with E-state index in [1.165, 1.54) is 12.8 Å². The molecule has 0 atom stereocenters. The summed E-state index contributed by atoms with van der Waals surface area (Å²) in [5.74, 6) is 1.82. The van der Waals surface area contributed by atoms with Crippen molar-refractivity contribution in [3.05, 3.63) is 52.4 Å². The van der Waals surface area contributed by atoms with Gasteiger partial charge in [0, 0.05) is 11.6 Å². The Kier molecular flexibility index (Phi) is 3.89. The highest BCUT2D eigenvalue weighted by molar-refractivity contribution is 9.10. The molecule has 2 aromatic rings. The van der Waals surface area contributed by atoms with Crippen molar-refractivity contribution < 1.29 is 9.15 Å². The number of nitrogens with one attached hydrogen (secondary N) is 1. The molecule has 19 heavy (non-hydrogen) atoms. The van der Waals surface area contributed by atoms with E-state index in [1.54, 1.807) is 6.26 Å². The van der Waals surface area contributed by atoms with Crippen LogP contribution in [0.3, 0.4) is 0 Å². The van der Waals surface area contributed by atoms with Crippen LogP contribution in [0, 0.1) is 0 Å². The van der Waals surface area contributed by atoms with Crippen LogP contribution in [0.2, 0.25) is 0 Å². The number of furan rings is 1. The lowest BCUT2D eigenvalue weighted by Crippen LogP contribution is -2.16. The van der Waals surface area contributed by atoms with Crippen LogP contribution in [-0.4, -0.2) is 6.04 Å². The number of ether oxygens (including phenoxy) is 1. The molecule has 0 bridgehead atoms. The number of rotatable bonds is 6. The standard InChI is InChI=1S/C15H16BrNO2/c16-13-3-1-2-4-14(13)19-10-11-7-8-18-15(11)9-17-12-5-6-12/h1-4,7-8,12,17H,5-6,9-10H2. The van der Waals surface area contributed by atoms with Gasteiger partial charge >= 0.3 is 0 Å². The van der Waals surface area contributed by atoms with Crippen LogP contribution in [0.5, 0.6) is 5.75 Å². The molecule has 0 radical (unpaired) electrons. The first kappa shape index (κ1) is 12.8. The highest BCUT2D eigenvalue weighted by Gasteiger charge is 2.21. The Morgan fingerprint density at radius 1 is 1.26 bits per heavy atom. The maximum absolute atomic E-state index is 5.81. The van der Waals surface area contributed by atoms with E-state index in [0.29, 0.717) is 12.6 Å². The third-order valence-corrected chi connectivity index (χ3v) is 3.84. The van der Waals surface area contributed by atoms with Gasteiger partial charge in [-0.15, -0.1) is 0 Å². The van der Waals surface area contributed by atoms with Crippen LogP contribution in [-0.2, 0) is 13.2 Å². The SMILES string of the molecule is Brc1ccccc1OCc1ccoc1CNC1CC1. The minimum absolute atomic E-state index is 0.529. The van der Waals surface area contributed by atoms with Crippen molar-refractivity contribution in [1.82, 2.24) is 5.32 Å². The van der Waals surface area contributed by atoms with E-state index < -0.39 is 0 Å². The molecule has 1 aliphatic carbocycles. The van der Waals surface area contributed by atoms with Gasteiger partial charge in [-0.2, -0.15) is 0 Å². The van der Waals surface area contributed by atoms with E-state index in [1.807, 2.05) is 30.3 Å². The van der Waals surface area contributed by atoms with E-state index in [0.717, 1.165) is 28.1 Å². The average Bonchev–Trinajstić information content (AvgIpc) is 3.14. The predicted molar refractivity (Wildman–Crippen MR) is 77.0 cm³/mol. The molecule has 3 rings (SSSR count). The van der Waals surface area contributed by atoms with Crippen molar-refractivity contribution >= 4 is 15.9 Å². The number of hydrogen-bond acceptors (Lipinski definition) is 3. The topological polar surface area (TPSA) is 34.4 Å². The number of hydrogen-bond donors (Lipinski definition) is 1. The fraction of sp³-hybridized carbons (Fsp3) is 0.333. The quantitative estimate of drug-likeness (QED) is 0.877. The average molecular weight is 322 g/mol. The Balaban J connectivity index is 1.60. The van der Waals surface area contributed by atoms with Crippen LogP contribution in [0.1, 0.15) is 24.2 Å². The summed E-state index contributed by atoms with van der Waals surface area (Å²) < 4.78 is 12.3. The lowest BCUT2D eigenvalue weighted by Gasteiger charge is -2.08. The first-order valence-corrected chi connectivity index (χ1v) is 7.28. The summed E-state index contributed by atoms with van der Waals surface area (Å²) in [7, 11) is 0. The van der Waals surface area contributed by atoms with Crippen molar-refractivity contribution in [3.8, 4) is 5.75 Å². The zero-order valence-corrected chi connectivity index (χ0v) is 12.2. The van der Waals surface area contributed by atoms with E-state index in [4.69, 9.17) is 9.15 Å². The lowest BCUT2D eigenvalue weighted by molar-refractivity contribution is 0.299. The Labute approximate surface area is 121 Å². The van der Waals surface area contributed by atoms with E-state index in [2.05, 4.69) is 21.2 Å². The molecule has 0 unspecified atom stereocenters. The van der Waals surface area contributed by atoms with Crippen molar-refractivity contribution in [1.29, 1.82) is 0 Å². The van der Waals surface area contributed by atoms with Crippen molar-refractivity contribution in [2.24, 2.45) is 0 Å². The molecular weight excluding hydrogens is 306 g/mol. The molecule has 1 fully saturated rings. The van der Waals surface area contributed by atoms with Crippen molar-refractivity contribution in [2.75, 3.05) is 0 Å². The maximum atomic E-state index is 5.81. The Morgan fingerprint density at radius 3 is 2.89 bits per heavy atom. The van der Waals surface area contributed by atoms with Gasteiger partial charge in [-0.3, -0.25) is 0 Å². The van der Waals surface area contributed by atoms with E-state index in [-0.39, 0.29) is 0 Å². The molecule has 0 saturated heterocycles. The van der Waals surface area contributed by atoms with Gasteiger partial charge in [-0.05, 0) is 47.0 Å². The molecule has 4 heteroatoms. The summed E-state index contributed by atoms with van der Waals surface area (Å²) in [4.78, 5) is 0. The Hall–Kier alpha value is -1.26. The van der Waals surface area contributed by atoms with Gasteiger partial charge in [0.1, 0.15) is 18.1 Å². The molecule has 1 aliphatic rings. The molecule has 0 spiro atoms. The fourth-order valence-electron chi connectivity index (χ4n) is 1.89. The predicted octanol–water partition coefficient (Wildman–Crippen LogP) is 3.87. The molecule has 1 aromatic heterocycles. The summed E-state index contributed by atoms with van der Waals surface area (Å²) in [6, 6.07) is 10.5. The fourth-order valence-corrected chi connectivity index (χ4v) is 2.29. The van der Waals surface area contributed by atoms with Gasteiger partial charge in [0.05, 0.1) is 17.3 Å². The van der Waals surface area contributed by atoms with Gasteiger partial charge in [-0.25, -0.2) is 0 Å². The van der Waals surface area contributed by atoms with Gasteiger partial charge in [-0.1, -0.05) is 12.1 Å². The summed E-state index contributed by atoms with van der Waals surface area (Å²) >= 11 is 3.48. The first-order chi connectivity index (χ1) is 9.33. The first-order valence-electron chi connectivity index (χ1n) is 6.49. The molecule has 100 valence electrons. The minimum Gasteiger partial charge on any atom is -0.488 e. The second-order valence-corrected chi connectivity index (χ2v) is 5.60. The van der Waals surface area contributed by atoms with Crippen LogP contribution in [0.4, 0.5) is 0 Å². The molecular formula is C15H16BrNO2. The van der Waals surface area contributed by atoms with Crippen LogP contribution < -0.4 is 10.1 Å². The monoisotopic (exact) mass is 321 g/mol. The second-order valence-electron chi connectivity index (χ2n) is 4.74. The molecule has 3 nitrogen and oxygen atoms in total. The largest absolute Gasteiger partial charge is 0.488 e. The molecule has 1 N–H and O–H groups in total. The number of benzene rings is 1. The molecule has 0 aliphatic heterocycles.